The van der Waals surface area contributed by atoms with Gasteiger partial charge in [-0.1, -0.05) is 0 Å². The molecule has 0 aliphatic rings. The van der Waals surface area contributed by atoms with Crippen LogP contribution in [0.2, 0.25) is 0 Å². The van der Waals surface area contributed by atoms with Crippen molar-refractivity contribution in [3.05, 3.63) is 53.5 Å². The lowest BCUT2D eigenvalue weighted by atomic mass is 10.1. The van der Waals surface area contributed by atoms with Crippen molar-refractivity contribution in [2.45, 2.75) is 20.0 Å². The lowest BCUT2D eigenvalue weighted by molar-refractivity contribution is 0.281. The monoisotopic (exact) mass is 257 g/mol. The number of anilines is 1. The van der Waals surface area contributed by atoms with Crippen molar-refractivity contribution in [1.29, 1.82) is 0 Å². The molecule has 0 amide bonds. The molecule has 0 saturated carbocycles. The molecule has 0 unspecified atom stereocenters. The van der Waals surface area contributed by atoms with E-state index >= 15 is 0 Å². The van der Waals surface area contributed by atoms with E-state index in [0.717, 1.165) is 29.9 Å². The van der Waals surface area contributed by atoms with Gasteiger partial charge in [0.25, 0.3) is 0 Å². The Morgan fingerprint density at radius 2 is 1.95 bits per heavy atom. The third-order valence-corrected chi connectivity index (χ3v) is 3.14. The Labute approximate surface area is 113 Å². The molecule has 0 radical (unpaired) electrons. The van der Waals surface area contributed by atoms with Crippen molar-refractivity contribution in [3.63, 3.8) is 0 Å². The van der Waals surface area contributed by atoms with Gasteiger partial charge >= 0.3 is 0 Å². The zero-order valence-corrected chi connectivity index (χ0v) is 11.4. The molecule has 0 spiro atoms. The number of likely N-dealkylation sites (N-methyl/N-ethyl adjacent to an activating group) is 1. The first kappa shape index (κ1) is 13.5. The van der Waals surface area contributed by atoms with Crippen molar-refractivity contribution in [1.82, 2.24) is 9.97 Å². The summed E-state index contributed by atoms with van der Waals surface area (Å²) in [6.45, 7) is 2.95. The average Bonchev–Trinajstić information content (AvgIpc) is 2.45. The minimum Gasteiger partial charge on any atom is -0.392 e. The number of pyridine rings is 2. The molecule has 100 valence electrons. The summed E-state index contributed by atoms with van der Waals surface area (Å²) in [7, 11) is 2.04. The van der Waals surface area contributed by atoms with Crippen LogP contribution in [0.25, 0.3) is 0 Å². The SMILES string of the molecule is Cc1cc(CO)cnc1N(C)CCc1ccncc1. The van der Waals surface area contributed by atoms with E-state index in [1.165, 1.54) is 5.56 Å². The number of hydrogen-bond donors (Lipinski definition) is 1. The van der Waals surface area contributed by atoms with E-state index in [-0.39, 0.29) is 6.61 Å². The summed E-state index contributed by atoms with van der Waals surface area (Å²) >= 11 is 0. The Kier molecular flexibility index (Phi) is 4.47. The summed E-state index contributed by atoms with van der Waals surface area (Å²) in [5, 5.41) is 9.08. The number of aliphatic hydroxyl groups is 1. The third-order valence-electron chi connectivity index (χ3n) is 3.14. The zero-order chi connectivity index (χ0) is 13.7. The number of hydrogen-bond acceptors (Lipinski definition) is 4. The van der Waals surface area contributed by atoms with E-state index in [4.69, 9.17) is 5.11 Å². The Bertz CT molecular complexity index is 528. The first-order valence-corrected chi connectivity index (χ1v) is 6.37. The minimum absolute atomic E-state index is 0.0366. The van der Waals surface area contributed by atoms with Gasteiger partial charge in [0.2, 0.25) is 0 Å². The molecule has 4 nitrogen and oxygen atoms in total. The number of rotatable bonds is 5. The Hall–Kier alpha value is -1.94. The van der Waals surface area contributed by atoms with Crippen LogP contribution in [0.15, 0.2) is 36.8 Å². The second-order valence-electron chi connectivity index (χ2n) is 4.67. The Balaban J connectivity index is 2.02. The third kappa shape index (κ3) is 3.51. The summed E-state index contributed by atoms with van der Waals surface area (Å²) in [5.74, 6) is 0.964. The number of aryl methyl sites for hydroxylation is 1. The number of nitrogens with zero attached hydrogens (tertiary/aromatic N) is 3. The molecule has 1 N–H and O–H groups in total. The first-order chi connectivity index (χ1) is 9.20. The van der Waals surface area contributed by atoms with Crippen LogP contribution in [0.4, 0.5) is 5.82 Å². The summed E-state index contributed by atoms with van der Waals surface area (Å²) in [4.78, 5) is 10.6. The van der Waals surface area contributed by atoms with Crippen molar-refractivity contribution >= 4 is 5.82 Å². The van der Waals surface area contributed by atoms with Gasteiger partial charge in [-0.25, -0.2) is 4.98 Å². The quantitative estimate of drug-likeness (QED) is 0.889. The fourth-order valence-electron chi connectivity index (χ4n) is 2.06. The van der Waals surface area contributed by atoms with Crippen LogP contribution in [0.1, 0.15) is 16.7 Å². The van der Waals surface area contributed by atoms with E-state index in [1.54, 1.807) is 6.20 Å². The van der Waals surface area contributed by atoms with Gasteiger partial charge in [-0.3, -0.25) is 4.98 Å². The molecule has 0 aliphatic carbocycles. The standard InChI is InChI=1S/C15H19N3O/c1-12-9-14(11-19)10-17-15(12)18(2)8-5-13-3-6-16-7-4-13/h3-4,6-7,9-10,19H,5,8,11H2,1-2H3. The summed E-state index contributed by atoms with van der Waals surface area (Å²) in [6, 6.07) is 6.04. The van der Waals surface area contributed by atoms with Crippen LogP contribution in [-0.4, -0.2) is 28.7 Å². The molecular formula is C15H19N3O. The van der Waals surface area contributed by atoms with Gasteiger partial charge in [-0.2, -0.15) is 0 Å². The Morgan fingerprint density at radius 3 is 2.58 bits per heavy atom. The van der Waals surface area contributed by atoms with Gasteiger partial charge < -0.3 is 10.0 Å². The van der Waals surface area contributed by atoms with Gasteiger partial charge in [0.05, 0.1) is 6.61 Å². The lowest BCUT2D eigenvalue weighted by Gasteiger charge is -2.20. The molecule has 0 aromatic carbocycles. The maximum Gasteiger partial charge on any atom is 0.131 e. The van der Waals surface area contributed by atoms with Crippen LogP contribution in [-0.2, 0) is 13.0 Å². The van der Waals surface area contributed by atoms with E-state index in [2.05, 4.69) is 14.9 Å². The highest BCUT2D eigenvalue weighted by molar-refractivity contribution is 5.46. The predicted molar refractivity (Wildman–Crippen MR) is 76.1 cm³/mol. The highest BCUT2D eigenvalue weighted by Gasteiger charge is 2.07. The number of aliphatic hydroxyl groups excluding tert-OH is 1. The van der Waals surface area contributed by atoms with Gasteiger partial charge in [-0.05, 0) is 48.2 Å². The molecule has 0 saturated heterocycles. The van der Waals surface area contributed by atoms with E-state index < -0.39 is 0 Å². The normalized spacial score (nSPS) is 10.5. The van der Waals surface area contributed by atoms with Crippen LogP contribution >= 0.6 is 0 Å². The first-order valence-electron chi connectivity index (χ1n) is 6.37. The van der Waals surface area contributed by atoms with E-state index in [1.807, 2.05) is 44.6 Å². The van der Waals surface area contributed by atoms with E-state index in [0.29, 0.717) is 0 Å². The molecular weight excluding hydrogens is 238 g/mol. The summed E-state index contributed by atoms with van der Waals surface area (Å²) in [6.07, 6.45) is 6.32. The molecule has 4 heteroatoms. The topological polar surface area (TPSA) is 49.3 Å². The highest BCUT2D eigenvalue weighted by atomic mass is 16.3. The maximum atomic E-state index is 9.08. The largest absolute Gasteiger partial charge is 0.392 e. The molecule has 19 heavy (non-hydrogen) atoms. The van der Waals surface area contributed by atoms with Crippen LogP contribution in [0.5, 0.6) is 0 Å². The van der Waals surface area contributed by atoms with Crippen molar-refractivity contribution < 1.29 is 5.11 Å². The summed E-state index contributed by atoms with van der Waals surface area (Å²) < 4.78 is 0. The van der Waals surface area contributed by atoms with Crippen LogP contribution in [0.3, 0.4) is 0 Å². The zero-order valence-electron chi connectivity index (χ0n) is 11.4. The molecule has 0 bridgehead atoms. The fourth-order valence-corrected chi connectivity index (χ4v) is 2.06. The van der Waals surface area contributed by atoms with E-state index in [9.17, 15) is 0 Å². The summed E-state index contributed by atoms with van der Waals surface area (Å²) in [5.41, 5.74) is 3.21. The second-order valence-corrected chi connectivity index (χ2v) is 4.67. The van der Waals surface area contributed by atoms with Gasteiger partial charge in [0.15, 0.2) is 0 Å². The molecule has 0 aliphatic heterocycles. The molecule has 0 fully saturated rings. The van der Waals surface area contributed by atoms with Crippen molar-refractivity contribution in [2.75, 3.05) is 18.5 Å². The van der Waals surface area contributed by atoms with Gasteiger partial charge in [-0.15, -0.1) is 0 Å². The predicted octanol–water partition coefficient (Wildman–Crippen LogP) is 1.96. The molecule has 2 rings (SSSR count). The Morgan fingerprint density at radius 1 is 1.21 bits per heavy atom. The second kappa shape index (κ2) is 6.29. The molecule has 2 aromatic rings. The van der Waals surface area contributed by atoms with Crippen LogP contribution < -0.4 is 4.90 Å². The fraction of sp³-hybridized carbons (Fsp3) is 0.333. The highest BCUT2D eigenvalue weighted by Crippen LogP contribution is 2.17. The lowest BCUT2D eigenvalue weighted by Crippen LogP contribution is -2.22. The maximum absolute atomic E-state index is 9.08. The number of aromatic nitrogens is 2. The van der Waals surface area contributed by atoms with Crippen molar-refractivity contribution in [2.24, 2.45) is 0 Å². The molecule has 2 aromatic heterocycles. The smallest absolute Gasteiger partial charge is 0.131 e. The molecule has 0 atom stereocenters. The minimum atomic E-state index is 0.0366. The van der Waals surface area contributed by atoms with Gasteiger partial charge in [0, 0.05) is 32.2 Å². The van der Waals surface area contributed by atoms with Crippen molar-refractivity contribution in [3.8, 4) is 0 Å². The average molecular weight is 257 g/mol. The molecule has 2 heterocycles. The van der Waals surface area contributed by atoms with Gasteiger partial charge in [0.1, 0.15) is 5.82 Å². The van der Waals surface area contributed by atoms with Crippen LogP contribution in [0, 0.1) is 6.92 Å².